The third kappa shape index (κ3) is 678000000. The van der Waals surface area contributed by atoms with Crippen molar-refractivity contribution < 1.29 is 160 Å². The Kier molecular flexibility index (Phi) is 529. The van der Waals surface area contributed by atoms with Gasteiger partial charge in [0.2, 0.25) is 0 Å². The number of carbonyl (C=O) groups excluding carboxylic acids is 5. The van der Waals surface area contributed by atoms with E-state index in [1.165, 1.54) is 0 Å². The molecule has 0 atom stereocenters. The number of carbonyl (C=O) groups is 5. The van der Waals surface area contributed by atoms with Gasteiger partial charge in [0.25, 0.3) is 0 Å². The van der Waals surface area contributed by atoms with E-state index in [0.29, 0.717) is 0 Å². The fourth-order valence-corrected chi connectivity index (χ4v) is 0. The van der Waals surface area contributed by atoms with E-state index in [2.05, 4.69) is 0 Å². The number of carboxylic acid groups (broad SMARTS) is 10. The third-order valence-electron chi connectivity index (χ3n) is 0. The van der Waals surface area contributed by atoms with Crippen LogP contribution in [0.4, 0.5) is 24.0 Å². The summed E-state index contributed by atoms with van der Waals surface area (Å²) in [5.74, 6) is 0. The van der Waals surface area contributed by atoms with Crippen molar-refractivity contribution in [3.63, 3.8) is 0 Å². The van der Waals surface area contributed by atoms with Crippen molar-refractivity contribution >= 4 is 99.9 Å². The van der Waals surface area contributed by atoms with Gasteiger partial charge in [-0.2, -0.15) is 0 Å². The molecule has 0 aromatic heterocycles. The van der Waals surface area contributed by atoms with Crippen LogP contribution in [-0.2, 0) is 52.1 Å². The molecule has 3 radical (unpaired) electrons. The molecular weight excluding hydrogens is 625 g/mol. The molecule has 0 saturated heterocycles. The fourth-order valence-electron chi connectivity index (χ4n) is 0. The van der Waals surface area contributed by atoms with Crippen molar-refractivity contribution in [2.45, 2.75) is 0 Å². The third-order valence-corrected chi connectivity index (χ3v) is 0. The minimum absolute atomic E-state index is 0. The van der Waals surface area contributed by atoms with E-state index in [4.69, 9.17) is 75.0 Å². The first kappa shape index (κ1) is 137. The molecule has 0 aromatic rings. The summed E-state index contributed by atoms with van der Waals surface area (Å²) in [6.45, 7) is 0. The second-order valence-corrected chi connectivity index (χ2v) is 1.25. The van der Waals surface area contributed by atoms with Crippen LogP contribution in [0.5, 0.6) is 0 Å². The van der Waals surface area contributed by atoms with Crippen molar-refractivity contribution in [2.24, 2.45) is 0 Å². The molecule has 0 rings (SSSR count). The van der Waals surface area contributed by atoms with Gasteiger partial charge >= 0.3 is 121 Å². The quantitative estimate of drug-likeness (QED) is 0.224. The summed E-state index contributed by atoms with van der Waals surface area (Å²) in [6, 6.07) is 0. The molecular formula is C5H7Cr3Mg3O21. The van der Waals surface area contributed by atoms with Crippen molar-refractivity contribution in [1.29, 1.82) is 0 Å². The Hall–Kier alpha value is 0.00610. The van der Waals surface area contributed by atoms with Crippen LogP contribution < -0.4 is 51.1 Å². The number of hydrogen-bond acceptors (Lipinski definition) is 20. The summed E-state index contributed by atoms with van der Waals surface area (Å²) >= 11 is 0. The van der Waals surface area contributed by atoms with Gasteiger partial charge in [-0.15, -0.1) is 0 Å². The first-order valence-corrected chi connectivity index (χ1v) is 3.06. The predicted octanol–water partition coefficient (Wildman–Crippen LogP) is -15.1. The summed E-state index contributed by atoms with van der Waals surface area (Å²) in [5, 5.41) is 83.3. The number of hydrogen-bond donors (Lipinski definition) is 0. The molecule has 0 bridgehead atoms. The molecule has 32 heavy (non-hydrogen) atoms. The van der Waals surface area contributed by atoms with Crippen molar-refractivity contribution in [3.8, 4) is 0 Å². The Bertz CT molecular complexity index is 231. The second kappa shape index (κ2) is 124. The van der Waals surface area contributed by atoms with Gasteiger partial charge < -0.3 is 108 Å². The SMILES string of the molecule is O.O=C([O-])[O-].O=C([O-])[O-].O=C([O-])[O-].O=C([O-])[O-].O=C([O-])[O-].[Cr+3].[Cr+3].[Cr+3].[Mg+2].[Mg+2].[Mg+2].[OH-].[OH-].[OH-].[OH-].[OH-]. The van der Waals surface area contributed by atoms with Crippen LogP contribution in [0.25, 0.3) is 0 Å². The van der Waals surface area contributed by atoms with Crippen LogP contribution in [0.1, 0.15) is 0 Å². The topological polar surface area (TPSA) is 497 Å². The van der Waals surface area contributed by atoms with Crippen molar-refractivity contribution in [3.05, 3.63) is 0 Å². The Labute approximate surface area is 257 Å². The van der Waals surface area contributed by atoms with E-state index in [1.54, 1.807) is 0 Å². The van der Waals surface area contributed by atoms with Crippen molar-refractivity contribution in [1.82, 2.24) is 0 Å². The molecule has 21 nitrogen and oxygen atoms in total. The summed E-state index contributed by atoms with van der Waals surface area (Å²) in [7, 11) is 0. The maximum atomic E-state index is 8.33. The average molecular weight is 632 g/mol. The van der Waals surface area contributed by atoms with Gasteiger partial charge in [-0.25, -0.2) is 0 Å². The van der Waals surface area contributed by atoms with Gasteiger partial charge in [0, 0.05) is 0 Å². The van der Waals surface area contributed by atoms with Crippen LogP contribution in [0, 0.1) is 0 Å². The molecule has 0 unspecified atom stereocenters. The molecule has 0 aromatic carbocycles. The van der Waals surface area contributed by atoms with Gasteiger partial charge in [-0.3, -0.25) is 0 Å². The molecule has 0 fully saturated rings. The van der Waals surface area contributed by atoms with Crippen LogP contribution in [0.3, 0.4) is 0 Å². The van der Waals surface area contributed by atoms with Crippen LogP contribution >= 0.6 is 0 Å². The zero-order chi connectivity index (χ0) is 17.9. The van der Waals surface area contributed by atoms with Crippen molar-refractivity contribution in [2.75, 3.05) is 0 Å². The molecule has 0 aliphatic heterocycles. The number of rotatable bonds is 0. The van der Waals surface area contributed by atoms with E-state index >= 15 is 0 Å². The normalized spacial score (nSPS) is 3.75. The average Bonchev–Trinajstić information content (AvgIpc) is 1.94. The molecule has 177 valence electrons. The molecule has 0 heterocycles. The molecule has 7 N–H and O–H groups in total. The zero-order valence-electron chi connectivity index (χ0n) is 14.7. The maximum Gasteiger partial charge on any atom is 3.00 e. The van der Waals surface area contributed by atoms with Gasteiger partial charge in [0.05, 0.1) is 0 Å². The summed E-state index contributed by atoms with van der Waals surface area (Å²) in [5.41, 5.74) is 0. The summed E-state index contributed by atoms with van der Waals surface area (Å²) < 4.78 is 0. The molecule has 0 amide bonds. The second-order valence-electron chi connectivity index (χ2n) is 1.25. The van der Waals surface area contributed by atoms with Crippen LogP contribution in [0.2, 0.25) is 0 Å². The first-order chi connectivity index (χ1) is 8.66. The Morgan fingerprint density at radius 1 is 0.312 bits per heavy atom. The fraction of sp³-hybridized carbons (Fsp3) is 0. The maximum absolute atomic E-state index is 8.33. The van der Waals surface area contributed by atoms with E-state index in [9.17, 15) is 0 Å². The summed E-state index contributed by atoms with van der Waals surface area (Å²) in [4.78, 5) is 41.7. The molecule has 0 aliphatic carbocycles. The zero-order valence-corrected chi connectivity index (χ0v) is 22.8. The van der Waals surface area contributed by atoms with E-state index in [1.807, 2.05) is 0 Å². The van der Waals surface area contributed by atoms with Gasteiger partial charge in [0.1, 0.15) is 0 Å². The minimum Gasteiger partial charge on any atom is -0.870 e. The molecule has 27 heteroatoms. The molecule has 0 aliphatic rings. The summed E-state index contributed by atoms with van der Waals surface area (Å²) in [6.07, 6.45) is -11.7. The predicted molar refractivity (Wildman–Crippen MR) is 57.5 cm³/mol. The van der Waals surface area contributed by atoms with Crippen LogP contribution in [0.15, 0.2) is 0 Å². The minimum atomic E-state index is -2.33. The Balaban J connectivity index is -0.00000000536. The van der Waals surface area contributed by atoms with E-state index in [0.717, 1.165) is 0 Å². The molecule has 0 spiro atoms. The molecule has 0 saturated carbocycles. The standard InChI is InChI=1S/5CH2O3.3Cr.3Mg.6H2O/c5*2-1(3)4;;;;;;;;;;;;/h5*(H2,2,3,4);;;;;;;6*1H2/q;;;;;3*+3;3*+2;;;;;;/p-15. The van der Waals surface area contributed by atoms with Gasteiger partial charge in [-0.05, 0) is 30.8 Å². The van der Waals surface area contributed by atoms with Crippen LogP contribution in [-0.4, -0.2) is 133 Å². The van der Waals surface area contributed by atoms with Gasteiger partial charge in [-0.1, -0.05) is 0 Å². The van der Waals surface area contributed by atoms with E-state index < -0.39 is 30.8 Å². The Morgan fingerprint density at radius 2 is 0.312 bits per heavy atom. The Morgan fingerprint density at radius 3 is 0.312 bits per heavy atom. The van der Waals surface area contributed by atoms with Gasteiger partial charge in [0.15, 0.2) is 0 Å². The smallest absolute Gasteiger partial charge is 0.870 e. The van der Waals surface area contributed by atoms with E-state index in [-0.39, 0.29) is 154 Å². The monoisotopic (exact) mass is 631 g/mol. The first-order valence-electron chi connectivity index (χ1n) is 3.06. The largest absolute Gasteiger partial charge is 3.00 e.